The number of thiophene rings is 3. The van der Waals surface area contributed by atoms with Gasteiger partial charge in [-0.3, -0.25) is 0 Å². The summed E-state index contributed by atoms with van der Waals surface area (Å²) in [4.78, 5) is 15.6. The summed E-state index contributed by atoms with van der Waals surface area (Å²) in [6.07, 6.45) is 0. The zero-order chi connectivity index (χ0) is 94.4. The topological polar surface area (TPSA) is 89.9 Å². The van der Waals surface area contributed by atoms with Crippen molar-refractivity contribution in [1.82, 2.24) is 15.0 Å². The number of rotatable bonds is 17. The Bertz CT molecular complexity index is 9220. The average Bonchev–Trinajstić information content (AvgIpc) is 1.55. The van der Waals surface area contributed by atoms with E-state index in [2.05, 4.69) is 297 Å². The molecule has 0 saturated heterocycles. The van der Waals surface area contributed by atoms with Crippen molar-refractivity contribution in [3.05, 3.63) is 522 Å². The number of aromatic nitrogens is 3. The molecule has 0 amide bonds. The van der Waals surface area contributed by atoms with Gasteiger partial charge in [-0.05, 0) is 122 Å². The molecular weight excluding hydrogens is 1830 g/mol. The SMILES string of the molecule is O=P(c1ccccc1)(c1ccccc1)c1ccc(-c2ccc(-c3ccc4nc(-c5ccccc5)c5sc6ccccc6c5c4c3)cc2)cc1.O=P(c1ccccc1)(c1ccccc1)c1ccc(-c2ccc3nc(-c4ccccc4)c4sc5ccccc5c4c3c2)cc1.O=P(c1ccccc1)(c1ccccc1)c1cccc(-c2cccc(-c3ccc4nc(-c5ccccc5)c5sc6ccccc6c5c4c3)c2)c1. The van der Waals surface area contributed by atoms with Gasteiger partial charge >= 0.3 is 0 Å². The van der Waals surface area contributed by atoms with Crippen molar-refractivity contribution >= 4 is 196 Å². The van der Waals surface area contributed by atoms with Crippen molar-refractivity contribution in [2.24, 2.45) is 0 Å². The number of hydrogen-bond acceptors (Lipinski definition) is 9. The highest BCUT2D eigenvalue weighted by Crippen LogP contribution is 2.51. The molecule has 0 fully saturated rings. The van der Waals surface area contributed by atoms with Crippen molar-refractivity contribution in [3.63, 3.8) is 0 Å². The van der Waals surface area contributed by atoms with Crippen LogP contribution >= 0.6 is 55.4 Å². The van der Waals surface area contributed by atoms with E-state index in [0.29, 0.717) is 0 Å². The van der Waals surface area contributed by atoms with Crippen molar-refractivity contribution < 1.29 is 13.7 Å². The lowest BCUT2D eigenvalue weighted by Crippen LogP contribution is -2.25. The molecule has 0 N–H and O–H groups in total. The molecule has 12 heteroatoms. The fraction of sp³-hybridized carbons (Fsp3) is 0. The third-order valence-corrected chi connectivity index (χ3v) is 39.6. The van der Waals surface area contributed by atoms with Crippen LogP contribution in [0.4, 0.5) is 0 Å². The maximum Gasteiger partial charge on any atom is 0.171 e. The van der Waals surface area contributed by atoms with Crippen LogP contribution < -0.4 is 47.7 Å². The summed E-state index contributed by atoms with van der Waals surface area (Å²) in [6, 6.07) is 178. The van der Waals surface area contributed by atoms with E-state index in [1.807, 2.05) is 247 Å². The van der Waals surface area contributed by atoms with Gasteiger partial charge in [-0.2, -0.15) is 0 Å². The number of hydrogen-bond donors (Lipinski definition) is 0. The van der Waals surface area contributed by atoms with Gasteiger partial charge in [0.15, 0.2) is 21.4 Å². The highest BCUT2D eigenvalue weighted by molar-refractivity contribution is 7.86. The first-order chi connectivity index (χ1) is 69.5. The maximum absolute atomic E-state index is 15.1. The molecule has 26 rings (SSSR count). The van der Waals surface area contributed by atoms with Gasteiger partial charge in [0.05, 0.1) is 47.7 Å². The summed E-state index contributed by atoms with van der Waals surface area (Å²) in [5.41, 5.74) is 20.5. The first-order valence-electron chi connectivity index (χ1n) is 47.1. The molecule has 26 aromatic rings. The van der Waals surface area contributed by atoms with E-state index in [9.17, 15) is 9.13 Å². The molecule has 0 aliphatic heterocycles. The van der Waals surface area contributed by atoms with Gasteiger partial charge < -0.3 is 13.7 Å². The predicted octanol–water partition coefficient (Wildman–Crippen LogP) is 32.1. The summed E-state index contributed by atoms with van der Waals surface area (Å²) in [7, 11) is -9.12. The fourth-order valence-electron chi connectivity index (χ4n) is 19.9. The minimum absolute atomic E-state index is 0.825. The number of fused-ring (bicyclic) bond motifs is 15. The second-order valence-electron chi connectivity index (χ2n) is 35.2. The zero-order valence-corrected chi connectivity index (χ0v) is 81.4. The van der Waals surface area contributed by atoms with Crippen LogP contribution in [0.1, 0.15) is 0 Å². The van der Waals surface area contributed by atoms with Crippen molar-refractivity contribution in [2.75, 3.05) is 0 Å². The van der Waals surface area contributed by atoms with Crippen LogP contribution in [-0.4, -0.2) is 15.0 Å². The maximum atomic E-state index is 15.1. The van der Waals surface area contributed by atoms with E-state index >= 15 is 4.57 Å². The Kier molecular flexibility index (Phi) is 23.5. The minimum Gasteiger partial charge on any atom is -0.309 e. The van der Waals surface area contributed by atoms with Crippen LogP contribution in [0, 0.1) is 0 Å². The lowest BCUT2D eigenvalue weighted by Gasteiger charge is -2.20. The van der Waals surface area contributed by atoms with Gasteiger partial charge in [-0.25, -0.2) is 15.0 Å². The summed E-state index contributed by atoms with van der Waals surface area (Å²) < 4.78 is 52.1. The summed E-state index contributed by atoms with van der Waals surface area (Å²) in [5, 5.41) is 18.5. The smallest absolute Gasteiger partial charge is 0.171 e. The van der Waals surface area contributed by atoms with Gasteiger partial charge in [0.25, 0.3) is 0 Å². The third-order valence-electron chi connectivity index (χ3n) is 26.9. The van der Waals surface area contributed by atoms with Crippen LogP contribution in [0.2, 0.25) is 0 Å². The molecule has 20 aromatic carbocycles. The molecule has 0 aliphatic carbocycles. The highest BCUT2D eigenvalue weighted by atomic mass is 32.1. The monoisotopic (exact) mass is 1910 g/mol. The molecule has 0 aliphatic rings. The fourth-order valence-corrected chi connectivity index (χ4v) is 31.6. The number of nitrogens with zero attached hydrogens (tertiary/aromatic N) is 3. The van der Waals surface area contributed by atoms with Gasteiger partial charge in [0.1, 0.15) is 0 Å². The lowest BCUT2D eigenvalue weighted by molar-refractivity contribution is 0.591. The van der Waals surface area contributed by atoms with Crippen LogP contribution in [0.3, 0.4) is 0 Å². The van der Waals surface area contributed by atoms with Gasteiger partial charge in [-0.15, -0.1) is 34.0 Å². The minimum atomic E-state index is -3.09. The van der Waals surface area contributed by atoms with Crippen LogP contribution in [-0.2, 0) is 13.7 Å². The van der Waals surface area contributed by atoms with Crippen molar-refractivity contribution in [1.29, 1.82) is 0 Å². The van der Waals surface area contributed by atoms with Crippen LogP contribution in [0.25, 0.3) is 183 Å². The number of benzene rings is 20. The molecule has 6 aromatic heterocycles. The first kappa shape index (κ1) is 87.7. The molecule has 6 heterocycles. The Hall–Kier alpha value is -16.0. The molecule has 0 spiro atoms. The largest absolute Gasteiger partial charge is 0.309 e. The highest BCUT2D eigenvalue weighted by Gasteiger charge is 2.34. The Morgan fingerprint density at radius 3 is 0.645 bits per heavy atom. The lowest BCUT2D eigenvalue weighted by atomic mass is 9.96. The second kappa shape index (κ2) is 37.7. The molecule has 6 nitrogen and oxygen atoms in total. The molecule has 141 heavy (non-hydrogen) atoms. The van der Waals surface area contributed by atoms with E-state index in [1.54, 1.807) is 11.3 Å². The van der Waals surface area contributed by atoms with Gasteiger partial charge in [0, 0.05) is 127 Å². The molecule has 0 atom stereocenters. The summed E-state index contributed by atoms with van der Waals surface area (Å²) in [5.74, 6) is 0. The third kappa shape index (κ3) is 16.3. The van der Waals surface area contributed by atoms with Crippen LogP contribution in [0.15, 0.2) is 522 Å². The van der Waals surface area contributed by atoms with Crippen molar-refractivity contribution in [3.8, 4) is 89.4 Å². The molecule has 0 bridgehead atoms. The molecule has 0 saturated carbocycles. The van der Waals surface area contributed by atoms with Crippen molar-refractivity contribution in [2.45, 2.75) is 0 Å². The quantitative estimate of drug-likeness (QED) is 0.0844. The van der Waals surface area contributed by atoms with E-state index in [1.165, 1.54) is 65.9 Å². The van der Waals surface area contributed by atoms with Crippen LogP contribution in [0.5, 0.6) is 0 Å². The second-order valence-corrected chi connectivity index (χ2v) is 46.7. The normalized spacial score (nSPS) is 11.8. The van der Waals surface area contributed by atoms with E-state index in [0.717, 1.165) is 164 Å². The van der Waals surface area contributed by atoms with Gasteiger partial charge in [-0.1, -0.05) is 455 Å². The molecule has 0 radical (unpaired) electrons. The standard InChI is InChI=1S/2C45H30NOPS.C39H26NOPS/c47-48(36-19-6-2-7-20-36,37-21-8-3-9-22-37)38-23-13-18-34(29-38)32-16-12-17-33(28-32)35-26-27-41-40(30-35)43-39-24-10-11-25-42(39)49-45(43)44(46-41)31-14-4-1-5-15-31;47-48(36-14-6-2-7-15-36,37-16-8-3-9-17-37)38-27-24-32(25-28-38)31-20-22-33(23-21-31)35-26-29-41-40(30-35)43-39-18-10-11-19-42(39)49-45(43)44(46-41)34-12-4-1-5-13-34;41-42(30-14-6-2-7-15-30,31-16-8-3-9-17-31)32-23-20-27(21-24-32)29-22-25-35-34(26-29)37-33-18-10-11-19-36(33)43-39(37)38(40-35)28-12-4-1-5-13-28/h2*1-30H;1-26H. The predicted molar refractivity (Wildman–Crippen MR) is 606 cm³/mol. The van der Waals surface area contributed by atoms with E-state index in [-0.39, 0.29) is 0 Å². The summed E-state index contributed by atoms with van der Waals surface area (Å²) in [6.45, 7) is 0. The Labute approximate surface area is 829 Å². The first-order valence-corrected chi connectivity index (χ1v) is 54.7. The molecule has 0 unspecified atom stereocenters. The Morgan fingerprint density at radius 1 is 0.149 bits per heavy atom. The Balaban J connectivity index is 0.000000115. The Morgan fingerprint density at radius 2 is 0.348 bits per heavy atom. The average molecular weight is 1920 g/mol. The molecular formula is C129H86N3O3P3S3. The van der Waals surface area contributed by atoms with E-state index < -0.39 is 21.4 Å². The molecule has 668 valence electrons. The summed E-state index contributed by atoms with van der Waals surface area (Å²) >= 11 is 5.44. The van der Waals surface area contributed by atoms with E-state index in [4.69, 9.17) is 15.0 Å². The zero-order valence-electron chi connectivity index (χ0n) is 76.3. The number of pyridine rings is 3. The van der Waals surface area contributed by atoms with Gasteiger partial charge in [0.2, 0.25) is 0 Å².